The van der Waals surface area contributed by atoms with Crippen LogP contribution in [-0.2, 0) is 9.47 Å². The largest absolute Gasteiger partial charge is 0.477 e. The smallest absolute Gasteiger partial charge is 0.407 e. The molecule has 0 aliphatic heterocycles. The monoisotopic (exact) mass is 517 g/mol. The second kappa shape index (κ2) is 10.3. The molecule has 0 saturated heterocycles. The first-order valence-electron chi connectivity index (χ1n) is 13.0. The third-order valence-corrected chi connectivity index (χ3v) is 7.62. The lowest BCUT2D eigenvalue weighted by Gasteiger charge is -2.58. The molecule has 0 spiro atoms. The molecule has 37 heavy (non-hydrogen) atoms. The first kappa shape index (κ1) is 26.8. The number of rotatable bonds is 9. The first-order chi connectivity index (χ1) is 17.4. The molecule has 4 fully saturated rings. The van der Waals surface area contributed by atoms with Crippen molar-refractivity contribution in [1.82, 2.24) is 20.4 Å². The molecule has 4 saturated carbocycles. The molecule has 1 aromatic rings. The van der Waals surface area contributed by atoms with E-state index >= 15 is 0 Å². The fourth-order valence-electron chi connectivity index (χ4n) is 6.37. The number of hydrogen-bond donors (Lipinski definition) is 3. The first-order valence-corrected chi connectivity index (χ1v) is 13.0. The van der Waals surface area contributed by atoms with Gasteiger partial charge < -0.3 is 30.6 Å². The number of amides is 3. The molecule has 0 radical (unpaired) electrons. The second-order valence-corrected chi connectivity index (χ2v) is 11.7. The number of nitrogens with one attached hydrogen (secondary N) is 2. The second-order valence-electron chi connectivity index (χ2n) is 11.7. The Hall–Kier alpha value is -3.24. The predicted octanol–water partition coefficient (Wildman–Crippen LogP) is 3.30. The van der Waals surface area contributed by atoms with Crippen molar-refractivity contribution in [3.63, 3.8) is 0 Å². The van der Waals surface area contributed by atoms with E-state index in [2.05, 4.69) is 20.5 Å². The van der Waals surface area contributed by atoms with Crippen LogP contribution in [0.1, 0.15) is 70.2 Å². The highest BCUT2D eigenvalue weighted by Gasteiger charge is 2.57. The van der Waals surface area contributed by atoms with Gasteiger partial charge in [-0.3, -0.25) is 4.79 Å². The van der Waals surface area contributed by atoms with Gasteiger partial charge in [-0.15, -0.1) is 0 Å². The number of hydrogen-bond acceptors (Lipinski definition) is 7. The summed E-state index contributed by atoms with van der Waals surface area (Å²) in [7, 11) is 1.31. The molecule has 204 valence electrons. The molecule has 1 aromatic heterocycles. The SMILES string of the molecule is COC(=O)NC(C)(C)/C=C/n1ncc(C(=O)NC2C3CC4CC2CC(OC(N)=O)(C4)C3)c1OCC(C)C. The van der Waals surface area contributed by atoms with Gasteiger partial charge in [0.1, 0.15) is 11.2 Å². The summed E-state index contributed by atoms with van der Waals surface area (Å²) in [5, 5.41) is 10.4. The third-order valence-electron chi connectivity index (χ3n) is 7.62. The summed E-state index contributed by atoms with van der Waals surface area (Å²) in [5.41, 5.74) is 4.51. The fourth-order valence-corrected chi connectivity index (χ4v) is 6.37. The summed E-state index contributed by atoms with van der Waals surface area (Å²) in [6.07, 6.45) is 7.95. The lowest BCUT2D eigenvalue weighted by molar-refractivity contribution is -0.137. The van der Waals surface area contributed by atoms with Gasteiger partial charge in [0.2, 0.25) is 5.88 Å². The van der Waals surface area contributed by atoms with Crippen LogP contribution in [0.15, 0.2) is 12.3 Å². The summed E-state index contributed by atoms with van der Waals surface area (Å²) in [6, 6.07) is -0.00585. The number of alkyl carbamates (subject to hydrolysis) is 1. The molecule has 4 aliphatic carbocycles. The summed E-state index contributed by atoms with van der Waals surface area (Å²) < 4.78 is 17.8. The van der Waals surface area contributed by atoms with Gasteiger partial charge in [-0.1, -0.05) is 13.8 Å². The molecule has 4 N–H and O–H groups in total. The highest BCUT2D eigenvalue weighted by atomic mass is 16.6. The van der Waals surface area contributed by atoms with Gasteiger partial charge in [0.15, 0.2) is 0 Å². The Bertz CT molecular complexity index is 1050. The minimum Gasteiger partial charge on any atom is -0.477 e. The average Bonchev–Trinajstić information content (AvgIpc) is 3.20. The van der Waals surface area contributed by atoms with Crippen molar-refractivity contribution in [3.05, 3.63) is 17.8 Å². The molecule has 11 heteroatoms. The predicted molar refractivity (Wildman–Crippen MR) is 136 cm³/mol. The molecule has 11 nitrogen and oxygen atoms in total. The van der Waals surface area contributed by atoms with E-state index in [-0.39, 0.29) is 29.7 Å². The molecule has 2 atom stereocenters. The zero-order chi connectivity index (χ0) is 27.0. The number of carbonyl (C=O) groups excluding carboxylic acids is 3. The molecular formula is C26H39N5O6. The molecule has 4 bridgehead atoms. The van der Waals surface area contributed by atoms with Gasteiger partial charge in [0.05, 0.1) is 25.5 Å². The fraction of sp³-hybridized carbons (Fsp3) is 0.692. The van der Waals surface area contributed by atoms with Crippen molar-refractivity contribution in [3.8, 4) is 5.88 Å². The molecular weight excluding hydrogens is 478 g/mol. The van der Waals surface area contributed by atoms with E-state index < -0.39 is 23.3 Å². The van der Waals surface area contributed by atoms with Crippen LogP contribution in [0.2, 0.25) is 0 Å². The minimum absolute atomic E-state index is 0.00585. The minimum atomic E-state index is -0.722. The molecule has 4 aliphatic rings. The van der Waals surface area contributed by atoms with Crippen molar-refractivity contribution in [2.24, 2.45) is 29.4 Å². The van der Waals surface area contributed by atoms with Crippen LogP contribution >= 0.6 is 0 Å². The highest BCUT2D eigenvalue weighted by Crippen LogP contribution is 2.57. The number of ether oxygens (including phenoxy) is 3. The summed E-state index contributed by atoms with van der Waals surface area (Å²) >= 11 is 0. The maximum Gasteiger partial charge on any atom is 0.407 e. The van der Waals surface area contributed by atoms with E-state index in [0.29, 0.717) is 24.0 Å². The Kier molecular flexibility index (Phi) is 7.43. The number of nitrogens with zero attached hydrogens (tertiary/aromatic N) is 2. The molecule has 5 rings (SSSR count). The summed E-state index contributed by atoms with van der Waals surface area (Å²) in [4.78, 5) is 36.7. The highest BCUT2D eigenvalue weighted by molar-refractivity contribution is 5.96. The maximum absolute atomic E-state index is 13.5. The lowest BCUT2D eigenvalue weighted by atomic mass is 9.52. The number of aromatic nitrogens is 2. The third kappa shape index (κ3) is 6.02. The van der Waals surface area contributed by atoms with Crippen LogP contribution in [0, 0.1) is 23.7 Å². The van der Waals surface area contributed by atoms with E-state index in [1.807, 2.05) is 27.7 Å². The summed E-state index contributed by atoms with van der Waals surface area (Å²) in [5.74, 6) is 1.29. The van der Waals surface area contributed by atoms with Gasteiger partial charge in [0, 0.05) is 12.2 Å². The van der Waals surface area contributed by atoms with Crippen molar-refractivity contribution >= 4 is 24.3 Å². The number of carbonyl (C=O) groups is 3. The van der Waals surface area contributed by atoms with Crippen molar-refractivity contribution < 1.29 is 28.6 Å². The Morgan fingerprint density at radius 2 is 1.92 bits per heavy atom. The van der Waals surface area contributed by atoms with E-state index in [9.17, 15) is 14.4 Å². The normalized spacial score (nSPS) is 28.4. The van der Waals surface area contributed by atoms with Crippen LogP contribution in [0.25, 0.3) is 6.20 Å². The van der Waals surface area contributed by atoms with Crippen LogP contribution in [0.5, 0.6) is 5.88 Å². The van der Waals surface area contributed by atoms with Gasteiger partial charge in [-0.25, -0.2) is 14.3 Å². The Labute approximate surface area is 217 Å². The van der Waals surface area contributed by atoms with Gasteiger partial charge in [0.25, 0.3) is 5.91 Å². The van der Waals surface area contributed by atoms with E-state index in [1.54, 1.807) is 12.3 Å². The van der Waals surface area contributed by atoms with E-state index in [0.717, 1.165) is 32.1 Å². The lowest BCUT2D eigenvalue weighted by Crippen LogP contribution is -2.63. The summed E-state index contributed by atoms with van der Waals surface area (Å²) in [6.45, 7) is 8.09. The van der Waals surface area contributed by atoms with Crippen LogP contribution in [0.4, 0.5) is 9.59 Å². The zero-order valence-electron chi connectivity index (χ0n) is 22.3. The number of nitrogens with two attached hydrogens (primary N) is 1. The molecule has 3 amide bonds. The number of primary amides is 1. The van der Waals surface area contributed by atoms with Gasteiger partial charge in [-0.05, 0) is 75.7 Å². The molecule has 1 heterocycles. The van der Waals surface area contributed by atoms with E-state index in [1.165, 1.54) is 18.0 Å². The van der Waals surface area contributed by atoms with Gasteiger partial charge in [-0.2, -0.15) is 5.10 Å². The zero-order valence-corrected chi connectivity index (χ0v) is 22.3. The topological polar surface area (TPSA) is 147 Å². The van der Waals surface area contributed by atoms with Crippen LogP contribution < -0.4 is 21.1 Å². The standard InChI is InChI=1S/C26H39N5O6/c1-15(2)14-36-22-19(13-28-31(22)7-6-25(3,4)30-24(34)35-5)21(32)29-20-17-8-16-9-18(20)12-26(10-16,11-17)37-23(27)33/h6-7,13,15-18,20H,8-12,14H2,1-5H3,(H2,27,33)(H,29,32)(H,30,34)/b7-6+. The number of methoxy groups -OCH3 is 1. The molecule has 2 unspecified atom stereocenters. The van der Waals surface area contributed by atoms with Crippen LogP contribution in [-0.4, -0.2) is 58.8 Å². The molecule has 0 aromatic carbocycles. The van der Waals surface area contributed by atoms with Crippen molar-refractivity contribution in [2.45, 2.75) is 77.0 Å². The Morgan fingerprint density at radius 3 is 2.51 bits per heavy atom. The van der Waals surface area contributed by atoms with Crippen LogP contribution in [0.3, 0.4) is 0 Å². The Balaban J connectivity index is 1.51. The van der Waals surface area contributed by atoms with Gasteiger partial charge >= 0.3 is 12.2 Å². The maximum atomic E-state index is 13.5. The van der Waals surface area contributed by atoms with E-state index in [4.69, 9.17) is 15.2 Å². The quantitative estimate of drug-likeness (QED) is 0.455. The average molecular weight is 518 g/mol. The Morgan fingerprint density at radius 1 is 1.24 bits per heavy atom. The van der Waals surface area contributed by atoms with Crippen molar-refractivity contribution in [2.75, 3.05) is 13.7 Å². The van der Waals surface area contributed by atoms with Crippen molar-refractivity contribution in [1.29, 1.82) is 0 Å².